The highest BCUT2D eigenvalue weighted by Gasteiger charge is 2.13. The van der Waals surface area contributed by atoms with E-state index in [0.717, 1.165) is 6.42 Å². The lowest BCUT2D eigenvalue weighted by Gasteiger charge is -2.22. The van der Waals surface area contributed by atoms with Crippen LogP contribution in [0.3, 0.4) is 0 Å². The smallest absolute Gasteiger partial charge is 0.154 e. The topological polar surface area (TPSA) is 18.5 Å². The van der Waals surface area contributed by atoms with Crippen LogP contribution < -0.4 is 0 Å². The predicted molar refractivity (Wildman–Crippen MR) is 46.5 cm³/mol. The molecule has 0 aliphatic rings. The van der Waals surface area contributed by atoms with Gasteiger partial charge in [-0.3, -0.25) is 0 Å². The van der Waals surface area contributed by atoms with Crippen molar-refractivity contribution >= 4 is 0 Å². The Labute approximate surface area is 69.9 Å². The second kappa shape index (κ2) is 5.56. The maximum absolute atomic E-state index is 5.53. The van der Waals surface area contributed by atoms with E-state index < -0.39 is 0 Å². The molecule has 0 N–H and O–H groups in total. The highest BCUT2D eigenvalue weighted by atomic mass is 16.7. The highest BCUT2D eigenvalue weighted by molar-refractivity contribution is 4.58. The maximum Gasteiger partial charge on any atom is 0.154 e. The molecule has 0 aromatic carbocycles. The molecule has 0 aromatic rings. The molecule has 2 nitrogen and oxygen atoms in total. The molecular formula is C9H20O2. The summed E-state index contributed by atoms with van der Waals surface area (Å²) < 4.78 is 10.5. The molecule has 68 valence electrons. The third-order valence-electron chi connectivity index (χ3n) is 2.18. The molecule has 0 saturated carbocycles. The largest absolute Gasteiger partial charge is 0.356 e. The van der Waals surface area contributed by atoms with E-state index in [-0.39, 0.29) is 12.4 Å². The average molecular weight is 160 g/mol. The molecule has 11 heavy (non-hydrogen) atoms. The monoisotopic (exact) mass is 160 g/mol. The van der Waals surface area contributed by atoms with E-state index in [0.29, 0.717) is 5.92 Å². The molecule has 3 unspecified atom stereocenters. The minimum absolute atomic E-state index is 0.0843. The lowest BCUT2D eigenvalue weighted by atomic mass is 10.0. The van der Waals surface area contributed by atoms with Crippen molar-refractivity contribution in [2.24, 2.45) is 5.92 Å². The van der Waals surface area contributed by atoms with Gasteiger partial charge in [-0.15, -0.1) is 0 Å². The Balaban J connectivity index is 3.58. The number of hydrogen-bond acceptors (Lipinski definition) is 2. The molecule has 0 saturated heterocycles. The molecule has 0 spiro atoms. The van der Waals surface area contributed by atoms with Gasteiger partial charge in [0.15, 0.2) is 6.29 Å². The summed E-state index contributed by atoms with van der Waals surface area (Å²) in [6, 6.07) is 0. The quantitative estimate of drug-likeness (QED) is 0.575. The molecular weight excluding hydrogens is 140 g/mol. The Bertz CT molecular complexity index is 93.6. The first-order chi connectivity index (χ1) is 5.11. The molecule has 0 aliphatic heterocycles. The first-order valence-electron chi connectivity index (χ1n) is 4.30. The lowest BCUT2D eigenvalue weighted by Crippen LogP contribution is -2.24. The van der Waals surface area contributed by atoms with Crippen LogP contribution in [0.25, 0.3) is 0 Å². The molecule has 0 fully saturated rings. The molecule has 0 rings (SSSR count). The maximum atomic E-state index is 5.53. The van der Waals surface area contributed by atoms with E-state index in [2.05, 4.69) is 20.8 Å². The van der Waals surface area contributed by atoms with Gasteiger partial charge in [0.1, 0.15) is 0 Å². The summed E-state index contributed by atoms with van der Waals surface area (Å²) in [4.78, 5) is 0. The van der Waals surface area contributed by atoms with E-state index in [1.165, 1.54) is 0 Å². The van der Waals surface area contributed by atoms with Crippen LogP contribution >= 0.6 is 0 Å². The Morgan fingerprint density at radius 1 is 1.18 bits per heavy atom. The zero-order chi connectivity index (χ0) is 8.85. The third-order valence-corrected chi connectivity index (χ3v) is 2.18. The number of ether oxygens (including phenoxy) is 2. The van der Waals surface area contributed by atoms with Crippen LogP contribution in [0.1, 0.15) is 34.1 Å². The van der Waals surface area contributed by atoms with Gasteiger partial charge in [-0.2, -0.15) is 0 Å². The van der Waals surface area contributed by atoms with Crippen molar-refractivity contribution in [3.63, 3.8) is 0 Å². The van der Waals surface area contributed by atoms with E-state index in [1.54, 1.807) is 7.11 Å². The van der Waals surface area contributed by atoms with E-state index in [4.69, 9.17) is 9.47 Å². The SMILES string of the molecule is CCC(C)C(C)OC(C)OC. The average Bonchev–Trinajstić information content (AvgIpc) is 2.02. The van der Waals surface area contributed by atoms with Crippen molar-refractivity contribution in [2.45, 2.75) is 46.5 Å². The molecule has 0 amide bonds. The van der Waals surface area contributed by atoms with Crippen LogP contribution in [-0.4, -0.2) is 19.5 Å². The van der Waals surface area contributed by atoms with Gasteiger partial charge in [0, 0.05) is 7.11 Å². The molecule has 2 heteroatoms. The Kier molecular flexibility index (Phi) is 5.51. The van der Waals surface area contributed by atoms with Crippen molar-refractivity contribution in [1.82, 2.24) is 0 Å². The standard InChI is InChI=1S/C9H20O2/c1-6-7(2)8(3)11-9(4)10-5/h7-9H,6H2,1-5H3. The van der Waals surface area contributed by atoms with Gasteiger partial charge in [-0.1, -0.05) is 20.3 Å². The van der Waals surface area contributed by atoms with Gasteiger partial charge >= 0.3 is 0 Å². The van der Waals surface area contributed by atoms with Crippen LogP contribution in [0.5, 0.6) is 0 Å². The summed E-state index contributed by atoms with van der Waals surface area (Å²) in [6.07, 6.45) is 1.35. The molecule has 0 heterocycles. The summed E-state index contributed by atoms with van der Waals surface area (Å²) in [6.45, 7) is 8.36. The third kappa shape index (κ3) is 4.38. The number of hydrogen-bond donors (Lipinski definition) is 0. The van der Waals surface area contributed by atoms with Crippen LogP contribution in [-0.2, 0) is 9.47 Å². The highest BCUT2D eigenvalue weighted by Crippen LogP contribution is 2.12. The fourth-order valence-electron chi connectivity index (χ4n) is 0.824. The molecule has 0 aliphatic carbocycles. The summed E-state index contributed by atoms with van der Waals surface area (Å²) >= 11 is 0. The van der Waals surface area contributed by atoms with Crippen LogP contribution in [0.15, 0.2) is 0 Å². The summed E-state index contributed by atoms with van der Waals surface area (Å²) in [5.74, 6) is 0.604. The minimum atomic E-state index is -0.0843. The molecule has 0 bridgehead atoms. The van der Waals surface area contributed by atoms with E-state index in [9.17, 15) is 0 Å². The van der Waals surface area contributed by atoms with Gasteiger partial charge in [0.25, 0.3) is 0 Å². The van der Waals surface area contributed by atoms with Gasteiger partial charge < -0.3 is 9.47 Å². The van der Waals surface area contributed by atoms with Crippen molar-refractivity contribution in [1.29, 1.82) is 0 Å². The Hall–Kier alpha value is -0.0800. The minimum Gasteiger partial charge on any atom is -0.356 e. The van der Waals surface area contributed by atoms with Gasteiger partial charge in [0.05, 0.1) is 6.10 Å². The predicted octanol–water partition coefficient (Wildman–Crippen LogP) is 2.43. The zero-order valence-corrected chi connectivity index (χ0v) is 8.26. The van der Waals surface area contributed by atoms with Crippen molar-refractivity contribution in [2.75, 3.05) is 7.11 Å². The summed E-state index contributed by atoms with van der Waals surface area (Å²) in [5, 5.41) is 0. The Morgan fingerprint density at radius 3 is 2.09 bits per heavy atom. The van der Waals surface area contributed by atoms with E-state index in [1.807, 2.05) is 6.92 Å². The van der Waals surface area contributed by atoms with Crippen molar-refractivity contribution in [3.8, 4) is 0 Å². The number of methoxy groups -OCH3 is 1. The summed E-state index contributed by atoms with van der Waals surface area (Å²) in [7, 11) is 1.66. The van der Waals surface area contributed by atoms with Gasteiger partial charge in [-0.05, 0) is 19.8 Å². The van der Waals surface area contributed by atoms with Crippen LogP contribution in [0, 0.1) is 5.92 Å². The van der Waals surface area contributed by atoms with Gasteiger partial charge in [-0.25, -0.2) is 0 Å². The van der Waals surface area contributed by atoms with E-state index >= 15 is 0 Å². The van der Waals surface area contributed by atoms with Crippen LogP contribution in [0.2, 0.25) is 0 Å². The Morgan fingerprint density at radius 2 is 1.73 bits per heavy atom. The molecule has 0 aromatic heterocycles. The fraction of sp³-hybridized carbons (Fsp3) is 1.00. The van der Waals surface area contributed by atoms with Crippen molar-refractivity contribution in [3.05, 3.63) is 0 Å². The second-order valence-corrected chi connectivity index (χ2v) is 3.03. The van der Waals surface area contributed by atoms with Crippen LogP contribution in [0.4, 0.5) is 0 Å². The molecule has 0 radical (unpaired) electrons. The van der Waals surface area contributed by atoms with Gasteiger partial charge in [0.2, 0.25) is 0 Å². The fourth-order valence-corrected chi connectivity index (χ4v) is 0.824. The lowest BCUT2D eigenvalue weighted by molar-refractivity contribution is -0.151. The normalized spacial score (nSPS) is 19.4. The number of rotatable bonds is 5. The zero-order valence-electron chi connectivity index (χ0n) is 8.26. The molecule has 3 atom stereocenters. The first-order valence-corrected chi connectivity index (χ1v) is 4.30. The second-order valence-electron chi connectivity index (χ2n) is 3.03. The summed E-state index contributed by atoms with van der Waals surface area (Å²) in [5.41, 5.74) is 0. The van der Waals surface area contributed by atoms with Crippen molar-refractivity contribution < 1.29 is 9.47 Å². The first kappa shape index (κ1) is 10.9.